The molecule has 0 atom stereocenters. The first-order valence-electron chi connectivity index (χ1n) is 6.16. The average molecular weight is 304 g/mol. The van der Waals surface area contributed by atoms with E-state index in [0.29, 0.717) is 22.1 Å². The maximum atomic E-state index is 14.0. The van der Waals surface area contributed by atoms with Crippen LogP contribution in [0.3, 0.4) is 0 Å². The van der Waals surface area contributed by atoms with E-state index in [9.17, 15) is 4.39 Å². The molecular formula is C14H11ClFN5. The number of nitrogens with two attached hydrogens (primary N) is 1. The number of halogens is 2. The first-order chi connectivity index (χ1) is 10.1. The predicted octanol–water partition coefficient (Wildman–Crippen LogP) is 3.01. The molecule has 0 bridgehead atoms. The van der Waals surface area contributed by atoms with E-state index in [-0.39, 0.29) is 5.69 Å². The van der Waals surface area contributed by atoms with E-state index in [4.69, 9.17) is 17.3 Å². The van der Waals surface area contributed by atoms with Crippen LogP contribution in [0.2, 0.25) is 5.02 Å². The Morgan fingerprint density at radius 1 is 1.19 bits per heavy atom. The summed E-state index contributed by atoms with van der Waals surface area (Å²) in [5.74, 6) is -0.114. The highest BCUT2D eigenvalue weighted by Crippen LogP contribution is 2.28. The van der Waals surface area contributed by atoms with Crippen LogP contribution in [0.5, 0.6) is 0 Å². The zero-order valence-corrected chi connectivity index (χ0v) is 11.8. The van der Waals surface area contributed by atoms with Crippen molar-refractivity contribution in [1.29, 1.82) is 0 Å². The maximum absolute atomic E-state index is 14.0. The molecule has 3 aromatic rings. The Kier molecular flexibility index (Phi) is 3.31. The van der Waals surface area contributed by atoms with Gasteiger partial charge in [-0.15, -0.1) is 5.10 Å². The molecule has 0 saturated carbocycles. The number of anilines is 1. The van der Waals surface area contributed by atoms with Gasteiger partial charge in [-0.25, -0.2) is 4.39 Å². The molecule has 21 heavy (non-hydrogen) atoms. The van der Waals surface area contributed by atoms with Gasteiger partial charge >= 0.3 is 0 Å². The summed E-state index contributed by atoms with van der Waals surface area (Å²) in [5.41, 5.74) is 8.29. The van der Waals surface area contributed by atoms with Crippen molar-refractivity contribution in [2.45, 2.75) is 6.92 Å². The summed E-state index contributed by atoms with van der Waals surface area (Å²) < 4.78 is 15.3. The van der Waals surface area contributed by atoms with Crippen LogP contribution in [-0.2, 0) is 0 Å². The van der Waals surface area contributed by atoms with E-state index < -0.39 is 5.82 Å². The number of aryl methyl sites for hydroxylation is 1. The van der Waals surface area contributed by atoms with E-state index in [1.807, 2.05) is 19.1 Å². The predicted molar refractivity (Wildman–Crippen MR) is 78.7 cm³/mol. The van der Waals surface area contributed by atoms with Gasteiger partial charge in [0.05, 0.1) is 0 Å². The van der Waals surface area contributed by atoms with Gasteiger partial charge in [-0.05, 0) is 47.7 Å². The summed E-state index contributed by atoms with van der Waals surface area (Å²) in [6, 6.07) is 9.68. The molecule has 2 N–H and O–H groups in total. The van der Waals surface area contributed by atoms with Crippen LogP contribution in [0, 0.1) is 12.7 Å². The first-order valence-corrected chi connectivity index (χ1v) is 6.54. The van der Waals surface area contributed by atoms with Crippen LogP contribution >= 0.6 is 11.6 Å². The van der Waals surface area contributed by atoms with Crippen molar-refractivity contribution in [3.8, 4) is 17.1 Å². The Morgan fingerprint density at radius 2 is 2.00 bits per heavy atom. The zero-order valence-electron chi connectivity index (χ0n) is 11.1. The minimum atomic E-state index is -0.473. The molecule has 5 nitrogen and oxygen atoms in total. The summed E-state index contributed by atoms with van der Waals surface area (Å²) >= 11 is 5.92. The highest BCUT2D eigenvalue weighted by Gasteiger charge is 2.16. The number of hydrogen-bond acceptors (Lipinski definition) is 4. The van der Waals surface area contributed by atoms with Crippen molar-refractivity contribution < 1.29 is 4.39 Å². The molecule has 7 heteroatoms. The topological polar surface area (TPSA) is 69.6 Å². The Hall–Kier alpha value is -2.47. The number of benzene rings is 2. The second-order valence-corrected chi connectivity index (χ2v) is 5.04. The summed E-state index contributed by atoms with van der Waals surface area (Å²) in [5, 5.41) is 11.8. The maximum Gasteiger partial charge on any atom is 0.189 e. The van der Waals surface area contributed by atoms with E-state index in [0.717, 1.165) is 5.56 Å². The van der Waals surface area contributed by atoms with Gasteiger partial charge in [0.2, 0.25) is 0 Å². The molecule has 0 aliphatic rings. The number of tetrazole rings is 1. The van der Waals surface area contributed by atoms with E-state index in [2.05, 4.69) is 15.5 Å². The largest absolute Gasteiger partial charge is 0.398 e. The van der Waals surface area contributed by atoms with Crippen molar-refractivity contribution >= 4 is 17.3 Å². The fraction of sp³-hybridized carbons (Fsp3) is 0.0714. The van der Waals surface area contributed by atoms with Crippen molar-refractivity contribution in [2.75, 3.05) is 5.73 Å². The molecule has 0 amide bonds. The molecule has 0 saturated heterocycles. The monoisotopic (exact) mass is 303 g/mol. The lowest BCUT2D eigenvalue weighted by Gasteiger charge is -2.09. The Balaban J connectivity index is 2.22. The van der Waals surface area contributed by atoms with Gasteiger partial charge in [-0.2, -0.15) is 4.68 Å². The quantitative estimate of drug-likeness (QED) is 0.739. The minimum absolute atomic E-state index is 0.170. The van der Waals surface area contributed by atoms with Gasteiger partial charge in [0.15, 0.2) is 5.82 Å². The van der Waals surface area contributed by atoms with Crippen LogP contribution in [0.25, 0.3) is 17.1 Å². The molecule has 0 spiro atoms. The van der Waals surface area contributed by atoms with Gasteiger partial charge in [0.1, 0.15) is 11.5 Å². The highest BCUT2D eigenvalue weighted by molar-refractivity contribution is 6.30. The summed E-state index contributed by atoms with van der Waals surface area (Å²) in [6.45, 7) is 1.93. The van der Waals surface area contributed by atoms with Crippen LogP contribution in [0.15, 0.2) is 36.4 Å². The van der Waals surface area contributed by atoms with Gasteiger partial charge in [0, 0.05) is 16.3 Å². The Labute approximate surface area is 125 Å². The number of hydrogen-bond donors (Lipinski definition) is 1. The number of aromatic nitrogens is 4. The highest BCUT2D eigenvalue weighted by atomic mass is 35.5. The third-order valence-electron chi connectivity index (χ3n) is 3.06. The molecule has 1 heterocycles. The SMILES string of the molecule is Cc1ccc(N)c(-c2nnnn2-c2cc(Cl)ccc2F)c1. The van der Waals surface area contributed by atoms with Gasteiger partial charge in [-0.3, -0.25) is 0 Å². The van der Waals surface area contributed by atoms with E-state index >= 15 is 0 Å². The lowest BCUT2D eigenvalue weighted by atomic mass is 10.1. The summed E-state index contributed by atoms with van der Waals surface area (Å²) in [7, 11) is 0. The van der Waals surface area contributed by atoms with Crippen molar-refractivity contribution in [3.05, 3.63) is 52.8 Å². The summed E-state index contributed by atoms with van der Waals surface area (Å²) in [4.78, 5) is 0. The normalized spacial score (nSPS) is 10.8. The van der Waals surface area contributed by atoms with Crippen LogP contribution in [0.4, 0.5) is 10.1 Å². The smallest absolute Gasteiger partial charge is 0.189 e. The minimum Gasteiger partial charge on any atom is -0.398 e. The first kappa shape index (κ1) is 13.5. The van der Waals surface area contributed by atoms with E-state index in [1.165, 1.54) is 22.9 Å². The third kappa shape index (κ3) is 2.45. The van der Waals surface area contributed by atoms with Crippen molar-refractivity contribution in [3.63, 3.8) is 0 Å². The van der Waals surface area contributed by atoms with E-state index in [1.54, 1.807) is 6.07 Å². The molecule has 0 radical (unpaired) electrons. The molecule has 0 unspecified atom stereocenters. The van der Waals surface area contributed by atoms with Crippen molar-refractivity contribution in [2.24, 2.45) is 0 Å². The molecule has 2 aromatic carbocycles. The molecule has 0 fully saturated rings. The lowest BCUT2D eigenvalue weighted by molar-refractivity contribution is 0.608. The standard InChI is InChI=1S/C14H11ClFN5/c1-8-2-5-12(17)10(6-8)14-18-19-20-21(14)13-7-9(15)3-4-11(13)16/h2-7H,17H2,1H3. The lowest BCUT2D eigenvalue weighted by Crippen LogP contribution is -2.04. The fourth-order valence-electron chi connectivity index (χ4n) is 2.03. The second kappa shape index (κ2) is 5.14. The average Bonchev–Trinajstić information content (AvgIpc) is 2.93. The zero-order chi connectivity index (χ0) is 15.0. The molecule has 1 aromatic heterocycles. The second-order valence-electron chi connectivity index (χ2n) is 4.60. The Morgan fingerprint density at radius 3 is 2.81 bits per heavy atom. The summed E-state index contributed by atoms with van der Waals surface area (Å²) in [6.07, 6.45) is 0. The molecule has 0 aliphatic heterocycles. The fourth-order valence-corrected chi connectivity index (χ4v) is 2.20. The molecule has 106 valence electrons. The molecule has 3 rings (SSSR count). The van der Waals surface area contributed by atoms with Crippen LogP contribution in [0.1, 0.15) is 5.56 Å². The van der Waals surface area contributed by atoms with Crippen LogP contribution < -0.4 is 5.73 Å². The van der Waals surface area contributed by atoms with Crippen molar-refractivity contribution in [1.82, 2.24) is 20.2 Å². The number of nitrogen functional groups attached to an aromatic ring is 1. The third-order valence-corrected chi connectivity index (χ3v) is 3.29. The molecular weight excluding hydrogens is 293 g/mol. The van der Waals surface area contributed by atoms with Gasteiger partial charge in [-0.1, -0.05) is 23.2 Å². The van der Waals surface area contributed by atoms with Crippen LogP contribution in [-0.4, -0.2) is 20.2 Å². The van der Waals surface area contributed by atoms with Gasteiger partial charge in [0.25, 0.3) is 0 Å². The number of nitrogens with zero attached hydrogens (tertiary/aromatic N) is 4. The van der Waals surface area contributed by atoms with Gasteiger partial charge < -0.3 is 5.73 Å². The number of rotatable bonds is 2. The Bertz CT molecular complexity index is 749. The molecule has 0 aliphatic carbocycles.